The molecule has 2 N–H and O–H groups in total. The maximum absolute atomic E-state index is 13.2. The van der Waals surface area contributed by atoms with Gasteiger partial charge in [0, 0.05) is 6.54 Å². The SMILES string of the molecule is CC(NC(=O)NCCc1cccc(F)c1)c1ccc(F)c(F)c1. The molecule has 0 heterocycles. The van der Waals surface area contributed by atoms with Gasteiger partial charge in [-0.2, -0.15) is 0 Å². The number of hydrogen-bond donors (Lipinski definition) is 2. The standard InChI is InChI=1S/C17H17F3N2O/c1-11(13-5-6-15(19)16(20)10-13)22-17(23)21-8-7-12-3-2-4-14(18)9-12/h2-6,9-11H,7-8H2,1H3,(H2,21,22,23). The van der Waals surface area contributed by atoms with Crippen molar-refractivity contribution in [3.8, 4) is 0 Å². The van der Waals surface area contributed by atoms with Crippen LogP contribution in [0.25, 0.3) is 0 Å². The molecule has 2 amide bonds. The number of carbonyl (C=O) groups excluding carboxylic acids is 1. The van der Waals surface area contributed by atoms with Crippen LogP contribution in [0.1, 0.15) is 24.1 Å². The summed E-state index contributed by atoms with van der Waals surface area (Å²) in [5.41, 5.74) is 1.24. The number of hydrogen-bond acceptors (Lipinski definition) is 1. The van der Waals surface area contributed by atoms with Crippen LogP contribution < -0.4 is 10.6 Å². The summed E-state index contributed by atoms with van der Waals surface area (Å²) in [5, 5.41) is 5.26. The van der Waals surface area contributed by atoms with Crippen LogP contribution in [-0.4, -0.2) is 12.6 Å². The second kappa shape index (κ2) is 7.67. The molecule has 1 unspecified atom stereocenters. The molecule has 1 atom stereocenters. The van der Waals surface area contributed by atoms with Crippen molar-refractivity contribution in [1.29, 1.82) is 0 Å². The first-order valence-corrected chi connectivity index (χ1v) is 7.19. The third-order valence-corrected chi connectivity index (χ3v) is 3.38. The van der Waals surface area contributed by atoms with Crippen LogP contribution in [0.2, 0.25) is 0 Å². The normalized spacial score (nSPS) is 11.8. The van der Waals surface area contributed by atoms with Crippen LogP contribution in [0, 0.1) is 17.5 Å². The fourth-order valence-corrected chi connectivity index (χ4v) is 2.13. The quantitative estimate of drug-likeness (QED) is 0.866. The highest BCUT2D eigenvalue weighted by atomic mass is 19.2. The molecule has 2 rings (SSSR count). The minimum atomic E-state index is -0.956. The summed E-state index contributed by atoms with van der Waals surface area (Å²) in [6.45, 7) is 2.00. The predicted molar refractivity (Wildman–Crippen MR) is 81.4 cm³/mol. The molecule has 0 aliphatic carbocycles. The molecule has 0 saturated heterocycles. The van der Waals surface area contributed by atoms with Crippen molar-refractivity contribution < 1.29 is 18.0 Å². The van der Waals surface area contributed by atoms with Crippen molar-refractivity contribution in [2.75, 3.05) is 6.54 Å². The van der Waals surface area contributed by atoms with E-state index in [2.05, 4.69) is 10.6 Å². The molecule has 0 aromatic heterocycles. The van der Waals surface area contributed by atoms with E-state index in [9.17, 15) is 18.0 Å². The van der Waals surface area contributed by atoms with Crippen LogP contribution in [-0.2, 0) is 6.42 Å². The van der Waals surface area contributed by atoms with E-state index in [0.29, 0.717) is 18.5 Å². The largest absolute Gasteiger partial charge is 0.338 e. The molecule has 3 nitrogen and oxygen atoms in total. The topological polar surface area (TPSA) is 41.1 Å². The third-order valence-electron chi connectivity index (χ3n) is 3.38. The van der Waals surface area contributed by atoms with Gasteiger partial charge in [-0.05, 0) is 48.7 Å². The lowest BCUT2D eigenvalue weighted by atomic mass is 10.1. The molecule has 6 heteroatoms. The fraction of sp³-hybridized carbons (Fsp3) is 0.235. The summed E-state index contributed by atoms with van der Waals surface area (Å²) in [4.78, 5) is 11.8. The molecule has 0 bridgehead atoms. The van der Waals surface area contributed by atoms with E-state index < -0.39 is 23.7 Å². The zero-order valence-electron chi connectivity index (χ0n) is 12.6. The zero-order valence-corrected chi connectivity index (χ0v) is 12.6. The van der Waals surface area contributed by atoms with Gasteiger partial charge in [0.25, 0.3) is 0 Å². The maximum Gasteiger partial charge on any atom is 0.315 e. The molecular weight excluding hydrogens is 305 g/mol. The Bertz CT molecular complexity index is 691. The molecule has 122 valence electrons. The van der Waals surface area contributed by atoms with Gasteiger partial charge in [-0.1, -0.05) is 18.2 Å². The van der Waals surface area contributed by atoms with Gasteiger partial charge >= 0.3 is 6.03 Å². The predicted octanol–water partition coefficient (Wildman–Crippen LogP) is 3.71. The molecule has 0 aliphatic heterocycles. The van der Waals surface area contributed by atoms with Crippen molar-refractivity contribution in [2.24, 2.45) is 0 Å². The number of nitrogens with one attached hydrogen (secondary N) is 2. The van der Waals surface area contributed by atoms with Crippen LogP contribution in [0.5, 0.6) is 0 Å². The molecule has 2 aromatic carbocycles. The van der Waals surface area contributed by atoms with Crippen LogP contribution >= 0.6 is 0 Å². The van der Waals surface area contributed by atoms with Gasteiger partial charge in [-0.3, -0.25) is 0 Å². The summed E-state index contributed by atoms with van der Waals surface area (Å²) in [7, 11) is 0. The Morgan fingerprint density at radius 3 is 2.57 bits per heavy atom. The minimum absolute atomic E-state index is 0.320. The number of amides is 2. The van der Waals surface area contributed by atoms with Crippen molar-refractivity contribution in [3.05, 3.63) is 71.0 Å². The van der Waals surface area contributed by atoms with Crippen LogP contribution in [0.3, 0.4) is 0 Å². The van der Waals surface area contributed by atoms with Crippen LogP contribution in [0.15, 0.2) is 42.5 Å². The summed E-state index contributed by atoms with van der Waals surface area (Å²) < 4.78 is 39.1. The first-order chi connectivity index (χ1) is 11.0. The monoisotopic (exact) mass is 322 g/mol. The number of rotatable bonds is 5. The number of carbonyl (C=O) groups is 1. The second-order valence-electron chi connectivity index (χ2n) is 5.18. The first-order valence-electron chi connectivity index (χ1n) is 7.19. The molecule has 23 heavy (non-hydrogen) atoms. The molecule has 2 aromatic rings. The average molecular weight is 322 g/mol. The smallest absolute Gasteiger partial charge is 0.315 e. The van der Waals surface area contributed by atoms with Gasteiger partial charge in [-0.15, -0.1) is 0 Å². The Balaban J connectivity index is 1.81. The Kier molecular flexibility index (Phi) is 5.62. The lowest BCUT2D eigenvalue weighted by Gasteiger charge is -2.15. The average Bonchev–Trinajstić information content (AvgIpc) is 2.50. The van der Waals surface area contributed by atoms with E-state index >= 15 is 0 Å². The number of halogens is 3. The fourth-order valence-electron chi connectivity index (χ4n) is 2.13. The van der Waals surface area contributed by atoms with Gasteiger partial charge in [0.2, 0.25) is 0 Å². The van der Waals surface area contributed by atoms with Gasteiger partial charge in [0.15, 0.2) is 11.6 Å². The van der Waals surface area contributed by atoms with Crippen molar-refractivity contribution in [3.63, 3.8) is 0 Å². The van der Waals surface area contributed by atoms with E-state index in [4.69, 9.17) is 0 Å². The zero-order chi connectivity index (χ0) is 16.8. The number of benzene rings is 2. The Morgan fingerprint density at radius 2 is 1.87 bits per heavy atom. The summed E-state index contributed by atoms with van der Waals surface area (Å²) in [6.07, 6.45) is 0.491. The first kappa shape index (κ1) is 16.9. The van der Waals surface area contributed by atoms with Gasteiger partial charge in [-0.25, -0.2) is 18.0 Å². The summed E-state index contributed by atoms with van der Waals surface area (Å²) in [5.74, 6) is -2.21. The molecule has 0 fully saturated rings. The molecule has 0 saturated carbocycles. The molecular formula is C17H17F3N2O. The third kappa shape index (κ3) is 5.02. The molecule has 0 aliphatic rings. The highest BCUT2D eigenvalue weighted by molar-refractivity contribution is 5.74. The summed E-state index contributed by atoms with van der Waals surface area (Å²) >= 11 is 0. The van der Waals surface area contributed by atoms with Gasteiger partial charge in [0.1, 0.15) is 5.82 Å². The number of urea groups is 1. The van der Waals surface area contributed by atoms with E-state index in [0.717, 1.165) is 17.7 Å². The van der Waals surface area contributed by atoms with E-state index in [1.807, 2.05) is 0 Å². The minimum Gasteiger partial charge on any atom is -0.338 e. The van der Waals surface area contributed by atoms with Crippen molar-refractivity contribution in [1.82, 2.24) is 10.6 Å². The van der Waals surface area contributed by atoms with Crippen molar-refractivity contribution in [2.45, 2.75) is 19.4 Å². The Hall–Kier alpha value is -2.50. The van der Waals surface area contributed by atoms with Crippen molar-refractivity contribution >= 4 is 6.03 Å². The van der Waals surface area contributed by atoms with Crippen LogP contribution in [0.4, 0.5) is 18.0 Å². The van der Waals surface area contributed by atoms with E-state index in [-0.39, 0.29) is 5.82 Å². The van der Waals surface area contributed by atoms with Gasteiger partial charge in [0.05, 0.1) is 6.04 Å². The highest BCUT2D eigenvalue weighted by Gasteiger charge is 2.11. The summed E-state index contributed by atoms with van der Waals surface area (Å²) in [6, 6.07) is 8.71. The maximum atomic E-state index is 13.2. The Morgan fingerprint density at radius 1 is 1.09 bits per heavy atom. The highest BCUT2D eigenvalue weighted by Crippen LogP contribution is 2.15. The lowest BCUT2D eigenvalue weighted by molar-refractivity contribution is 0.238. The Labute approximate surface area is 132 Å². The lowest BCUT2D eigenvalue weighted by Crippen LogP contribution is -2.38. The second-order valence-corrected chi connectivity index (χ2v) is 5.18. The molecule has 0 spiro atoms. The van der Waals surface area contributed by atoms with E-state index in [1.165, 1.54) is 18.2 Å². The molecule has 0 radical (unpaired) electrons. The van der Waals surface area contributed by atoms with E-state index in [1.54, 1.807) is 19.1 Å². The van der Waals surface area contributed by atoms with Gasteiger partial charge < -0.3 is 10.6 Å².